The van der Waals surface area contributed by atoms with E-state index in [9.17, 15) is 23.1 Å². The van der Waals surface area contributed by atoms with Crippen molar-refractivity contribution in [3.63, 3.8) is 0 Å². The van der Waals surface area contributed by atoms with Crippen LogP contribution in [0.4, 0.5) is 13.2 Å². The molecule has 0 amide bonds. The van der Waals surface area contributed by atoms with Gasteiger partial charge < -0.3 is 14.5 Å². The van der Waals surface area contributed by atoms with Crippen molar-refractivity contribution in [2.24, 2.45) is 0 Å². The van der Waals surface area contributed by atoms with Gasteiger partial charge in [0.2, 0.25) is 0 Å². The molecule has 1 aromatic heterocycles. The van der Waals surface area contributed by atoms with Crippen LogP contribution in [0.25, 0.3) is 10.9 Å². The average Bonchev–Trinajstić information content (AvgIpc) is 2.98. The SMILES string of the molecule is CONC(Cc1cn(Cc2ccccc2C(F)(F)F)c2ccccc12)C(=O)O. The second-order valence-electron chi connectivity index (χ2n) is 6.37. The second-order valence-corrected chi connectivity index (χ2v) is 6.37. The van der Waals surface area contributed by atoms with Crippen LogP contribution in [0.15, 0.2) is 54.7 Å². The summed E-state index contributed by atoms with van der Waals surface area (Å²) in [6.07, 6.45) is -2.62. The number of nitrogens with one attached hydrogen (secondary N) is 1. The Morgan fingerprint density at radius 1 is 1.14 bits per heavy atom. The molecule has 0 aliphatic heterocycles. The van der Waals surface area contributed by atoms with E-state index in [0.717, 1.165) is 17.0 Å². The van der Waals surface area contributed by atoms with Crippen LogP contribution in [0.3, 0.4) is 0 Å². The Morgan fingerprint density at radius 2 is 1.82 bits per heavy atom. The molecule has 2 N–H and O–H groups in total. The number of halogens is 3. The Balaban J connectivity index is 2.01. The highest BCUT2D eigenvalue weighted by molar-refractivity contribution is 5.85. The summed E-state index contributed by atoms with van der Waals surface area (Å²) in [4.78, 5) is 16.2. The van der Waals surface area contributed by atoms with Gasteiger partial charge in [-0.2, -0.15) is 18.7 Å². The number of alkyl halides is 3. The van der Waals surface area contributed by atoms with E-state index in [0.29, 0.717) is 5.56 Å². The highest BCUT2D eigenvalue weighted by Crippen LogP contribution is 2.33. The van der Waals surface area contributed by atoms with Crippen molar-refractivity contribution < 1.29 is 27.9 Å². The molecule has 5 nitrogen and oxygen atoms in total. The fourth-order valence-corrected chi connectivity index (χ4v) is 3.28. The summed E-state index contributed by atoms with van der Waals surface area (Å²) in [5.74, 6) is -1.08. The minimum atomic E-state index is -4.45. The van der Waals surface area contributed by atoms with Crippen LogP contribution in [0.5, 0.6) is 0 Å². The van der Waals surface area contributed by atoms with Crippen molar-refractivity contribution in [2.45, 2.75) is 25.2 Å². The van der Waals surface area contributed by atoms with E-state index in [-0.39, 0.29) is 18.5 Å². The van der Waals surface area contributed by atoms with Crippen molar-refractivity contribution in [2.75, 3.05) is 7.11 Å². The second kappa shape index (κ2) is 8.04. The van der Waals surface area contributed by atoms with E-state index in [1.54, 1.807) is 35.0 Å². The number of benzene rings is 2. The maximum absolute atomic E-state index is 13.3. The fourth-order valence-electron chi connectivity index (χ4n) is 3.28. The third-order valence-electron chi connectivity index (χ3n) is 4.52. The van der Waals surface area contributed by atoms with Gasteiger partial charge in [-0.1, -0.05) is 36.4 Å². The average molecular weight is 392 g/mol. The minimum absolute atomic E-state index is 0.0195. The molecule has 0 bridgehead atoms. The van der Waals surface area contributed by atoms with Crippen molar-refractivity contribution in [1.82, 2.24) is 10.0 Å². The maximum atomic E-state index is 13.3. The molecule has 0 aliphatic rings. The van der Waals surface area contributed by atoms with Crippen LogP contribution >= 0.6 is 0 Å². The van der Waals surface area contributed by atoms with Crippen LogP contribution in [0.1, 0.15) is 16.7 Å². The molecule has 0 saturated heterocycles. The number of hydrogen-bond donors (Lipinski definition) is 2. The van der Waals surface area contributed by atoms with Gasteiger partial charge in [-0.3, -0.25) is 4.79 Å². The molecular weight excluding hydrogens is 373 g/mol. The molecule has 2 aromatic carbocycles. The molecule has 3 aromatic rings. The summed E-state index contributed by atoms with van der Waals surface area (Å²) in [6, 6.07) is 11.7. The number of carboxylic acids is 1. The van der Waals surface area contributed by atoms with E-state index >= 15 is 0 Å². The largest absolute Gasteiger partial charge is 0.480 e. The van der Waals surface area contributed by atoms with Gasteiger partial charge in [-0.25, -0.2) is 0 Å². The predicted octanol–water partition coefficient (Wildman–Crippen LogP) is 3.86. The highest BCUT2D eigenvalue weighted by Gasteiger charge is 2.33. The van der Waals surface area contributed by atoms with Gasteiger partial charge in [-0.05, 0) is 23.3 Å². The molecule has 0 aliphatic carbocycles. The van der Waals surface area contributed by atoms with E-state index < -0.39 is 23.8 Å². The summed E-state index contributed by atoms with van der Waals surface area (Å²) >= 11 is 0. The lowest BCUT2D eigenvalue weighted by Crippen LogP contribution is -2.37. The lowest BCUT2D eigenvalue weighted by molar-refractivity contribution is -0.143. The number of rotatable bonds is 7. The number of nitrogens with zero attached hydrogens (tertiary/aromatic N) is 1. The standard InChI is InChI=1S/C20H19F3N2O3/c1-28-24-17(19(26)27)10-14-12-25(18-9-5-3-7-15(14)18)11-13-6-2-4-8-16(13)20(21,22)23/h2-9,12,17,24H,10-11H2,1H3,(H,26,27). The molecular formula is C20H19F3N2O3. The fraction of sp³-hybridized carbons (Fsp3) is 0.250. The maximum Gasteiger partial charge on any atom is 0.416 e. The third kappa shape index (κ3) is 4.18. The monoisotopic (exact) mass is 392 g/mol. The normalized spacial score (nSPS) is 13.0. The number of para-hydroxylation sites is 1. The lowest BCUT2D eigenvalue weighted by Gasteiger charge is -2.14. The summed E-state index contributed by atoms with van der Waals surface area (Å²) in [7, 11) is 1.33. The summed E-state index contributed by atoms with van der Waals surface area (Å²) < 4.78 is 41.7. The predicted molar refractivity (Wildman–Crippen MR) is 97.8 cm³/mol. The zero-order valence-corrected chi connectivity index (χ0v) is 15.0. The summed E-state index contributed by atoms with van der Waals surface area (Å²) in [6.45, 7) is 0.0195. The summed E-state index contributed by atoms with van der Waals surface area (Å²) in [5, 5.41) is 10.1. The first kappa shape index (κ1) is 19.9. The van der Waals surface area contributed by atoms with Gasteiger partial charge in [-0.15, -0.1) is 0 Å². The van der Waals surface area contributed by atoms with Crippen LogP contribution in [0, 0.1) is 0 Å². The molecule has 1 heterocycles. The van der Waals surface area contributed by atoms with Crippen molar-refractivity contribution in [3.8, 4) is 0 Å². The first-order valence-electron chi connectivity index (χ1n) is 8.54. The molecule has 0 radical (unpaired) electrons. The smallest absolute Gasteiger partial charge is 0.416 e. The molecule has 1 atom stereocenters. The molecule has 148 valence electrons. The number of hydroxylamine groups is 1. The third-order valence-corrected chi connectivity index (χ3v) is 4.52. The molecule has 0 fully saturated rings. The van der Waals surface area contributed by atoms with E-state index in [2.05, 4.69) is 5.48 Å². The Bertz CT molecular complexity index is 982. The minimum Gasteiger partial charge on any atom is -0.480 e. The van der Waals surface area contributed by atoms with E-state index in [1.165, 1.54) is 19.2 Å². The number of fused-ring (bicyclic) bond motifs is 1. The topological polar surface area (TPSA) is 63.5 Å². The van der Waals surface area contributed by atoms with Crippen LogP contribution in [-0.4, -0.2) is 28.8 Å². The number of carboxylic acid groups (broad SMARTS) is 1. The van der Waals surface area contributed by atoms with Crippen LogP contribution in [-0.2, 0) is 28.8 Å². The molecule has 1 unspecified atom stereocenters. The van der Waals surface area contributed by atoms with E-state index in [1.807, 2.05) is 6.07 Å². The van der Waals surface area contributed by atoms with Crippen LogP contribution < -0.4 is 5.48 Å². The zero-order chi connectivity index (χ0) is 20.3. The molecule has 28 heavy (non-hydrogen) atoms. The van der Waals surface area contributed by atoms with E-state index in [4.69, 9.17) is 4.84 Å². The number of carbonyl (C=O) groups is 1. The quantitative estimate of drug-likeness (QED) is 0.600. The Labute approximate surface area is 159 Å². The number of hydrogen-bond acceptors (Lipinski definition) is 3. The molecule has 0 saturated carbocycles. The van der Waals surface area contributed by atoms with Gasteiger partial charge in [0.1, 0.15) is 6.04 Å². The zero-order valence-electron chi connectivity index (χ0n) is 15.0. The van der Waals surface area contributed by atoms with Gasteiger partial charge >= 0.3 is 12.1 Å². The Morgan fingerprint density at radius 3 is 2.50 bits per heavy atom. The van der Waals surface area contributed by atoms with Gasteiger partial charge in [0.05, 0.1) is 12.7 Å². The summed E-state index contributed by atoms with van der Waals surface area (Å²) in [5.41, 5.74) is 3.33. The van der Waals surface area contributed by atoms with Gasteiger partial charge in [0.15, 0.2) is 0 Å². The molecule has 8 heteroatoms. The Hall–Kier alpha value is -2.84. The van der Waals surface area contributed by atoms with Crippen LogP contribution in [0.2, 0.25) is 0 Å². The highest BCUT2D eigenvalue weighted by atomic mass is 19.4. The van der Waals surface area contributed by atoms with Crippen molar-refractivity contribution >= 4 is 16.9 Å². The van der Waals surface area contributed by atoms with Crippen molar-refractivity contribution in [3.05, 3.63) is 71.4 Å². The van der Waals surface area contributed by atoms with Gasteiger partial charge in [0, 0.05) is 30.1 Å². The number of aliphatic carboxylic acids is 1. The molecule has 3 rings (SSSR count). The van der Waals surface area contributed by atoms with Gasteiger partial charge in [0.25, 0.3) is 0 Å². The lowest BCUT2D eigenvalue weighted by atomic mass is 10.1. The molecule has 0 spiro atoms. The van der Waals surface area contributed by atoms with Crippen molar-refractivity contribution in [1.29, 1.82) is 0 Å². The first-order chi connectivity index (χ1) is 13.3. The Kier molecular flexibility index (Phi) is 5.71. The number of aromatic nitrogens is 1. The first-order valence-corrected chi connectivity index (χ1v) is 8.54.